The lowest BCUT2D eigenvalue weighted by Gasteiger charge is -2.46. The highest BCUT2D eigenvalue weighted by Crippen LogP contribution is 2.34. The van der Waals surface area contributed by atoms with Crippen molar-refractivity contribution in [2.45, 2.75) is 43.8 Å². The molecule has 3 atom stereocenters. The second kappa shape index (κ2) is 5.14. The fourth-order valence-electron chi connectivity index (χ4n) is 4.44. The van der Waals surface area contributed by atoms with Gasteiger partial charge in [0.05, 0.1) is 0 Å². The molecule has 2 heterocycles. The molecule has 0 amide bonds. The lowest BCUT2D eigenvalue weighted by Crippen LogP contribution is -2.58. The van der Waals surface area contributed by atoms with Crippen LogP contribution < -0.4 is 5.73 Å². The van der Waals surface area contributed by atoms with E-state index in [4.69, 9.17) is 5.73 Å². The van der Waals surface area contributed by atoms with E-state index in [-0.39, 0.29) is 6.04 Å². The van der Waals surface area contributed by atoms with Crippen molar-refractivity contribution in [3.05, 3.63) is 35.4 Å². The number of hydrogen-bond acceptors (Lipinski definition) is 3. The molecule has 1 aromatic carbocycles. The predicted octanol–water partition coefficient (Wildman–Crippen LogP) is 1.78. The SMILES string of the molecule is NC1c2ccccc2CC1N1CCN2CCCCC2C1. The molecule has 20 heavy (non-hydrogen) atoms. The zero-order valence-electron chi connectivity index (χ0n) is 12.2. The van der Waals surface area contributed by atoms with Crippen LogP contribution in [0.15, 0.2) is 24.3 Å². The fourth-order valence-corrected chi connectivity index (χ4v) is 4.44. The van der Waals surface area contributed by atoms with E-state index in [1.54, 1.807) is 0 Å². The molecule has 0 aromatic heterocycles. The highest BCUT2D eigenvalue weighted by atomic mass is 15.3. The van der Waals surface area contributed by atoms with Crippen molar-refractivity contribution in [3.63, 3.8) is 0 Å². The van der Waals surface area contributed by atoms with Crippen LogP contribution in [-0.4, -0.2) is 48.1 Å². The second-order valence-corrected chi connectivity index (χ2v) is 6.68. The number of nitrogens with two attached hydrogens (primary N) is 1. The van der Waals surface area contributed by atoms with Crippen molar-refractivity contribution < 1.29 is 0 Å². The van der Waals surface area contributed by atoms with Crippen molar-refractivity contribution in [2.24, 2.45) is 5.73 Å². The quantitative estimate of drug-likeness (QED) is 0.845. The number of fused-ring (bicyclic) bond motifs is 2. The summed E-state index contributed by atoms with van der Waals surface area (Å²) in [7, 11) is 0. The first kappa shape index (κ1) is 12.8. The van der Waals surface area contributed by atoms with Crippen LogP contribution in [-0.2, 0) is 6.42 Å². The van der Waals surface area contributed by atoms with Crippen molar-refractivity contribution in [2.75, 3.05) is 26.2 Å². The number of piperazine rings is 1. The van der Waals surface area contributed by atoms with Crippen LogP contribution in [0.4, 0.5) is 0 Å². The van der Waals surface area contributed by atoms with Gasteiger partial charge in [0.1, 0.15) is 0 Å². The Morgan fingerprint density at radius 2 is 1.85 bits per heavy atom. The molecule has 108 valence electrons. The summed E-state index contributed by atoms with van der Waals surface area (Å²) in [6.45, 7) is 4.98. The van der Waals surface area contributed by atoms with Gasteiger partial charge >= 0.3 is 0 Å². The molecule has 4 rings (SSSR count). The van der Waals surface area contributed by atoms with E-state index in [2.05, 4.69) is 34.1 Å². The molecule has 0 radical (unpaired) electrons. The summed E-state index contributed by atoms with van der Waals surface area (Å²) in [4.78, 5) is 5.38. The number of nitrogens with zero attached hydrogens (tertiary/aromatic N) is 2. The van der Waals surface area contributed by atoms with Gasteiger partial charge < -0.3 is 5.73 Å². The molecule has 3 nitrogen and oxygen atoms in total. The van der Waals surface area contributed by atoms with Gasteiger partial charge in [-0.1, -0.05) is 30.7 Å². The van der Waals surface area contributed by atoms with Gasteiger partial charge in [-0.3, -0.25) is 9.80 Å². The number of benzene rings is 1. The summed E-state index contributed by atoms with van der Waals surface area (Å²) in [5.74, 6) is 0. The average molecular weight is 271 g/mol. The third kappa shape index (κ3) is 2.09. The first-order chi connectivity index (χ1) is 9.83. The van der Waals surface area contributed by atoms with E-state index in [1.165, 1.54) is 56.6 Å². The van der Waals surface area contributed by atoms with Crippen molar-refractivity contribution >= 4 is 0 Å². The minimum absolute atomic E-state index is 0.210. The van der Waals surface area contributed by atoms with Gasteiger partial charge in [0, 0.05) is 37.8 Å². The normalized spacial score (nSPS) is 34.8. The molecule has 0 bridgehead atoms. The molecule has 0 saturated carbocycles. The van der Waals surface area contributed by atoms with Gasteiger partial charge in [-0.15, -0.1) is 0 Å². The second-order valence-electron chi connectivity index (χ2n) is 6.68. The molecule has 2 saturated heterocycles. The smallest absolute Gasteiger partial charge is 0.0459 e. The number of rotatable bonds is 1. The molecule has 0 spiro atoms. The van der Waals surface area contributed by atoms with Gasteiger partial charge in [-0.25, -0.2) is 0 Å². The third-order valence-electron chi connectivity index (χ3n) is 5.60. The van der Waals surface area contributed by atoms with Crippen LogP contribution in [0.5, 0.6) is 0 Å². The molecular weight excluding hydrogens is 246 g/mol. The van der Waals surface area contributed by atoms with Gasteiger partial charge in [0.15, 0.2) is 0 Å². The molecule has 1 aromatic rings. The Morgan fingerprint density at radius 1 is 1.00 bits per heavy atom. The molecule has 2 aliphatic heterocycles. The maximum atomic E-state index is 6.53. The van der Waals surface area contributed by atoms with Gasteiger partial charge in [0.25, 0.3) is 0 Å². The van der Waals surface area contributed by atoms with E-state index < -0.39 is 0 Å². The molecule has 3 aliphatic rings. The van der Waals surface area contributed by atoms with Crippen molar-refractivity contribution in [3.8, 4) is 0 Å². The summed E-state index contributed by atoms with van der Waals surface area (Å²) in [6, 6.07) is 10.3. The summed E-state index contributed by atoms with van der Waals surface area (Å²) >= 11 is 0. The van der Waals surface area contributed by atoms with E-state index in [9.17, 15) is 0 Å². The predicted molar refractivity (Wildman–Crippen MR) is 81.6 cm³/mol. The monoisotopic (exact) mass is 271 g/mol. The number of hydrogen-bond donors (Lipinski definition) is 1. The van der Waals surface area contributed by atoms with E-state index in [0.717, 1.165) is 12.5 Å². The third-order valence-corrected chi connectivity index (χ3v) is 5.60. The van der Waals surface area contributed by atoms with Crippen molar-refractivity contribution in [1.29, 1.82) is 0 Å². The summed E-state index contributed by atoms with van der Waals surface area (Å²) < 4.78 is 0. The number of piperidine rings is 1. The largest absolute Gasteiger partial charge is 0.323 e. The first-order valence-electron chi connectivity index (χ1n) is 8.14. The van der Waals surface area contributed by atoms with Gasteiger partial charge in [0.2, 0.25) is 0 Å². The summed E-state index contributed by atoms with van der Waals surface area (Å²) in [6.07, 6.45) is 5.33. The lowest BCUT2D eigenvalue weighted by atomic mass is 9.97. The molecular formula is C17H25N3. The lowest BCUT2D eigenvalue weighted by molar-refractivity contribution is 0.0239. The average Bonchev–Trinajstić information content (AvgIpc) is 2.84. The minimum atomic E-state index is 0.210. The Bertz CT molecular complexity index is 487. The Labute approximate surface area is 121 Å². The topological polar surface area (TPSA) is 32.5 Å². The molecule has 1 aliphatic carbocycles. The molecule has 3 heteroatoms. The standard InChI is InChI=1S/C17H25N3/c18-17-15-7-2-1-5-13(15)11-16(17)20-10-9-19-8-4-3-6-14(19)12-20/h1-2,5,7,14,16-17H,3-4,6,8-12,18H2. The molecule has 2 fully saturated rings. The Morgan fingerprint density at radius 3 is 2.75 bits per heavy atom. The van der Waals surface area contributed by atoms with Crippen LogP contribution in [0.2, 0.25) is 0 Å². The van der Waals surface area contributed by atoms with E-state index in [0.29, 0.717) is 6.04 Å². The highest BCUT2D eigenvalue weighted by molar-refractivity contribution is 5.37. The Balaban J connectivity index is 1.49. The Hall–Kier alpha value is -0.900. The maximum Gasteiger partial charge on any atom is 0.0459 e. The minimum Gasteiger partial charge on any atom is -0.323 e. The summed E-state index contributed by atoms with van der Waals surface area (Å²) in [5, 5.41) is 0. The van der Waals surface area contributed by atoms with E-state index in [1.807, 2.05) is 0 Å². The fraction of sp³-hybridized carbons (Fsp3) is 0.647. The highest BCUT2D eigenvalue weighted by Gasteiger charge is 2.38. The summed E-state index contributed by atoms with van der Waals surface area (Å²) in [5.41, 5.74) is 9.38. The van der Waals surface area contributed by atoms with Crippen LogP contribution in [0.25, 0.3) is 0 Å². The molecule has 2 N–H and O–H groups in total. The van der Waals surface area contributed by atoms with Gasteiger partial charge in [-0.05, 0) is 36.9 Å². The van der Waals surface area contributed by atoms with Crippen LogP contribution >= 0.6 is 0 Å². The Kier molecular flexibility index (Phi) is 3.29. The van der Waals surface area contributed by atoms with Crippen molar-refractivity contribution in [1.82, 2.24) is 9.80 Å². The zero-order valence-corrected chi connectivity index (χ0v) is 12.2. The molecule has 3 unspecified atom stereocenters. The maximum absolute atomic E-state index is 6.53. The van der Waals surface area contributed by atoms with Gasteiger partial charge in [-0.2, -0.15) is 0 Å². The zero-order chi connectivity index (χ0) is 13.5. The van der Waals surface area contributed by atoms with Crippen LogP contribution in [0.3, 0.4) is 0 Å². The van der Waals surface area contributed by atoms with Crippen LogP contribution in [0, 0.1) is 0 Å². The van der Waals surface area contributed by atoms with Crippen LogP contribution in [0.1, 0.15) is 36.4 Å². The first-order valence-corrected chi connectivity index (χ1v) is 8.14. The van der Waals surface area contributed by atoms with E-state index >= 15 is 0 Å².